The first-order valence-electron chi connectivity index (χ1n) is 9.84. The van der Waals surface area contributed by atoms with E-state index in [1.807, 2.05) is 44.2 Å². The van der Waals surface area contributed by atoms with Crippen LogP contribution in [0.1, 0.15) is 31.9 Å². The van der Waals surface area contributed by atoms with Gasteiger partial charge in [0, 0.05) is 24.5 Å². The van der Waals surface area contributed by atoms with E-state index < -0.39 is 6.04 Å². The normalized spacial score (nSPS) is 11.6. The first kappa shape index (κ1) is 21.0. The van der Waals surface area contributed by atoms with Crippen molar-refractivity contribution in [2.24, 2.45) is 5.92 Å². The molecule has 1 aromatic heterocycles. The van der Waals surface area contributed by atoms with Crippen LogP contribution in [0.2, 0.25) is 0 Å². The van der Waals surface area contributed by atoms with Crippen molar-refractivity contribution in [3.05, 3.63) is 84.7 Å². The number of nitrogens with one attached hydrogen (secondary N) is 2. The van der Waals surface area contributed by atoms with Gasteiger partial charge in [0.2, 0.25) is 5.91 Å². The minimum absolute atomic E-state index is 0.157. The number of rotatable bonds is 8. The Balaban J connectivity index is 1.69. The maximum Gasteiger partial charge on any atom is 0.251 e. The molecule has 3 rings (SSSR count). The molecule has 0 radical (unpaired) electrons. The van der Waals surface area contributed by atoms with E-state index >= 15 is 0 Å². The highest BCUT2D eigenvalue weighted by molar-refractivity contribution is 5.97. The van der Waals surface area contributed by atoms with E-state index in [0.29, 0.717) is 23.6 Å². The van der Waals surface area contributed by atoms with Crippen LogP contribution in [-0.4, -0.2) is 16.8 Å². The number of carbonyl (C=O) groups is 2. The summed E-state index contributed by atoms with van der Waals surface area (Å²) >= 11 is 0. The lowest BCUT2D eigenvalue weighted by molar-refractivity contribution is -0.127. The van der Waals surface area contributed by atoms with Crippen molar-refractivity contribution in [3.63, 3.8) is 0 Å². The molecule has 0 saturated carbocycles. The van der Waals surface area contributed by atoms with Crippen LogP contribution in [0, 0.1) is 5.92 Å². The van der Waals surface area contributed by atoms with Gasteiger partial charge in [-0.05, 0) is 47.9 Å². The zero-order chi connectivity index (χ0) is 21.3. The van der Waals surface area contributed by atoms with E-state index in [9.17, 15) is 9.59 Å². The van der Waals surface area contributed by atoms with Gasteiger partial charge in [-0.2, -0.15) is 0 Å². The Hall–Kier alpha value is -3.67. The summed E-state index contributed by atoms with van der Waals surface area (Å²) in [5.74, 6) is 1.07. The molecule has 1 unspecified atom stereocenters. The minimum Gasteiger partial charge on any atom is -0.457 e. The quantitative estimate of drug-likeness (QED) is 0.570. The smallest absolute Gasteiger partial charge is 0.251 e. The van der Waals surface area contributed by atoms with Gasteiger partial charge in [-0.25, -0.2) is 0 Å². The summed E-state index contributed by atoms with van der Waals surface area (Å²) in [4.78, 5) is 29.2. The van der Waals surface area contributed by atoms with E-state index in [0.717, 1.165) is 5.56 Å². The Labute approximate surface area is 176 Å². The van der Waals surface area contributed by atoms with Crippen molar-refractivity contribution in [2.45, 2.75) is 26.3 Å². The molecule has 2 amide bonds. The van der Waals surface area contributed by atoms with Gasteiger partial charge in [0.1, 0.15) is 17.5 Å². The molecule has 30 heavy (non-hydrogen) atoms. The fourth-order valence-corrected chi connectivity index (χ4v) is 2.90. The average molecular weight is 403 g/mol. The fraction of sp³-hybridized carbons (Fsp3) is 0.208. The molecule has 1 heterocycles. The number of anilines is 1. The molecule has 6 nitrogen and oxygen atoms in total. The van der Waals surface area contributed by atoms with E-state index in [2.05, 4.69) is 15.6 Å². The van der Waals surface area contributed by atoms with Crippen LogP contribution < -0.4 is 15.4 Å². The Bertz CT molecular complexity index is 958. The van der Waals surface area contributed by atoms with Gasteiger partial charge in [-0.15, -0.1) is 0 Å². The molecular formula is C24H25N3O3. The van der Waals surface area contributed by atoms with E-state index in [-0.39, 0.29) is 17.7 Å². The molecule has 0 saturated heterocycles. The van der Waals surface area contributed by atoms with Crippen molar-refractivity contribution < 1.29 is 14.3 Å². The molecule has 154 valence electrons. The van der Waals surface area contributed by atoms with Crippen LogP contribution in [0.15, 0.2) is 79.1 Å². The highest BCUT2D eigenvalue weighted by atomic mass is 16.5. The number of amides is 2. The molecule has 0 aliphatic rings. The summed E-state index contributed by atoms with van der Waals surface area (Å²) in [7, 11) is 0. The predicted octanol–water partition coefficient (Wildman–Crippen LogP) is 4.72. The third kappa shape index (κ3) is 6.17. The van der Waals surface area contributed by atoms with Crippen molar-refractivity contribution in [1.29, 1.82) is 0 Å². The summed E-state index contributed by atoms with van der Waals surface area (Å²) in [6.07, 6.45) is 3.67. The molecule has 1 atom stereocenters. The molecule has 0 bridgehead atoms. The van der Waals surface area contributed by atoms with Crippen LogP contribution in [0.5, 0.6) is 11.5 Å². The number of nitrogens with zero attached hydrogens (tertiary/aromatic N) is 1. The van der Waals surface area contributed by atoms with Gasteiger partial charge in [-0.1, -0.05) is 44.2 Å². The number of pyridine rings is 1. The van der Waals surface area contributed by atoms with Crippen LogP contribution in [0.25, 0.3) is 0 Å². The number of hydrogen-bond acceptors (Lipinski definition) is 4. The van der Waals surface area contributed by atoms with Crippen molar-refractivity contribution in [1.82, 2.24) is 10.3 Å². The Morgan fingerprint density at radius 3 is 2.17 bits per heavy atom. The third-order valence-electron chi connectivity index (χ3n) is 4.30. The van der Waals surface area contributed by atoms with Gasteiger partial charge in [0.05, 0.1) is 0 Å². The zero-order valence-corrected chi connectivity index (χ0v) is 17.0. The molecule has 0 aliphatic heterocycles. The number of ether oxygens (including phenoxy) is 1. The molecule has 0 fully saturated rings. The second kappa shape index (κ2) is 10.2. The fourth-order valence-electron chi connectivity index (χ4n) is 2.90. The molecule has 6 heteroatoms. The van der Waals surface area contributed by atoms with Crippen LogP contribution in [0.3, 0.4) is 0 Å². The number of carbonyl (C=O) groups excluding carboxylic acids is 2. The van der Waals surface area contributed by atoms with Gasteiger partial charge in [0.25, 0.3) is 5.91 Å². The lowest BCUT2D eigenvalue weighted by Gasteiger charge is -2.19. The van der Waals surface area contributed by atoms with E-state index in [4.69, 9.17) is 4.74 Å². The number of benzene rings is 2. The minimum atomic E-state index is -0.773. The van der Waals surface area contributed by atoms with Gasteiger partial charge in [0.15, 0.2) is 0 Å². The monoisotopic (exact) mass is 403 g/mol. The van der Waals surface area contributed by atoms with E-state index in [1.165, 1.54) is 0 Å². The van der Waals surface area contributed by atoms with Gasteiger partial charge >= 0.3 is 0 Å². The number of hydrogen-bond donors (Lipinski definition) is 2. The first-order valence-corrected chi connectivity index (χ1v) is 9.84. The SMILES string of the molecule is CC(C)CC(=O)NC(C(=O)Nc1ccc(Oc2ccncc2)cc1)c1ccccc1. The summed E-state index contributed by atoms with van der Waals surface area (Å²) in [6, 6.07) is 19.0. The van der Waals surface area contributed by atoms with Crippen molar-refractivity contribution in [2.75, 3.05) is 5.32 Å². The Kier molecular flexibility index (Phi) is 7.16. The maximum absolute atomic E-state index is 12.9. The van der Waals surface area contributed by atoms with Crippen molar-refractivity contribution >= 4 is 17.5 Å². The lowest BCUT2D eigenvalue weighted by atomic mass is 10.0. The third-order valence-corrected chi connectivity index (χ3v) is 4.30. The summed E-state index contributed by atoms with van der Waals surface area (Å²) in [5, 5.41) is 5.72. The summed E-state index contributed by atoms with van der Waals surface area (Å²) in [5.41, 5.74) is 1.34. The molecule has 0 spiro atoms. The van der Waals surface area contributed by atoms with Crippen LogP contribution in [-0.2, 0) is 9.59 Å². The van der Waals surface area contributed by atoms with Crippen molar-refractivity contribution in [3.8, 4) is 11.5 Å². The second-order valence-electron chi connectivity index (χ2n) is 7.31. The largest absolute Gasteiger partial charge is 0.457 e. The Morgan fingerprint density at radius 2 is 1.53 bits per heavy atom. The zero-order valence-electron chi connectivity index (χ0n) is 17.0. The van der Waals surface area contributed by atoms with Crippen LogP contribution >= 0.6 is 0 Å². The molecular weight excluding hydrogens is 378 g/mol. The maximum atomic E-state index is 12.9. The molecule has 2 N–H and O–H groups in total. The summed E-state index contributed by atoms with van der Waals surface area (Å²) < 4.78 is 5.73. The molecule has 3 aromatic rings. The summed E-state index contributed by atoms with van der Waals surface area (Å²) in [6.45, 7) is 3.93. The predicted molar refractivity (Wildman–Crippen MR) is 116 cm³/mol. The Morgan fingerprint density at radius 1 is 0.900 bits per heavy atom. The molecule has 2 aromatic carbocycles. The van der Waals surface area contributed by atoms with E-state index in [1.54, 1.807) is 48.8 Å². The van der Waals surface area contributed by atoms with Gasteiger partial charge in [-0.3, -0.25) is 14.6 Å². The molecule has 0 aliphatic carbocycles. The highest BCUT2D eigenvalue weighted by Crippen LogP contribution is 2.23. The standard InChI is InChI=1S/C24H25N3O3/c1-17(2)16-22(28)27-23(18-6-4-3-5-7-18)24(29)26-19-8-10-20(11-9-19)30-21-12-14-25-15-13-21/h3-15,17,23H,16H2,1-2H3,(H,26,29)(H,27,28). The average Bonchev–Trinajstić information content (AvgIpc) is 2.74. The second-order valence-corrected chi connectivity index (χ2v) is 7.31. The first-order chi connectivity index (χ1) is 14.5. The number of aromatic nitrogens is 1. The van der Waals surface area contributed by atoms with Gasteiger partial charge < -0.3 is 15.4 Å². The lowest BCUT2D eigenvalue weighted by Crippen LogP contribution is -2.37. The topological polar surface area (TPSA) is 80.3 Å². The highest BCUT2D eigenvalue weighted by Gasteiger charge is 2.23. The van der Waals surface area contributed by atoms with Crippen LogP contribution in [0.4, 0.5) is 5.69 Å².